The lowest BCUT2D eigenvalue weighted by Crippen LogP contribution is -2.43. The largest absolute Gasteiger partial charge is 0.508 e. The molecule has 1 heterocycles. The Kier molecular flexibility index (Phi) is 4.71. The van der Waals surface area contributed by atoms with Gasteiger partial charge in [0.1, 0.15) is 11.6 Å². The molecule has 3 aromatic carbocycles. The van der Waals surface area contributed by atoms with E-state index < -0.39 is 33.7 Å². The summed E-state index contributed by atoms with van der Waals surface area (Å²) < 4.78 is 56.9. The first-order valence-electron chi connectivity index (χ1n) is 8.63. The van der Waals surface area contributed by atoms with Crippen molar-refractivity contribution in [3.8, 4) is 11.4 Å². The Hall–Kier alpha value is -3.10. The molecule has 1 aromatic heterocycles. The molecule has 0 fully saturated rings. The van der Waals surface area contributed by atoms with Gasteiger partial charge in [0.25, 0.3) is 0 Å². The Balaban J connectivity index is 1.87. The second kappa shape index (κ2) is 7.00. The molecule has 154 valence electrons. The maximum absolute atomic E-state index is 14.0. The lowest BCUT2D eigenvalue weighted by atomic mass is 9.85. The summed E-state index contributed by atoms with van der Waals surface area (Å²) in [6.45, 7) is 0. The molecule has 0 aliphatic carbocycles. The zero-order valence-corrected chi connectivity index (χ0v) is 15.8. The molecule has 4 nitrogen and oxygen atoms in total. The molecule has 2 N–H and O–H groups in total. The predicted octanol–water partition coefficient (Wildman–Crippen LogP) is 5.32. The van der Waals surface area contributed by atoms with Crippen molar-refractivity contribution in [1.82, 2.24) is 9.78 Å². The first-order valence-corrected chi connectivity index (χ1v) is 9.01. The number of aliphatic hydroxyl groups is 1. The van der Waals surface area contributed by atoms with Crippen LogP contribution in [-0.2, 0) is 5.60 Å². The highest BCUT2D eigenvalue weighted by Crippen LogP contribution is 2.45. The predicted molar refractivity (Wildman–Crippen MR) is 103 cm³/mol. The Morgan fingerprint density at radius 2 is 1.53 bits per heavy atom. The third-order valence-corrected chi connectivity index (χ3v) is 5.12. The van der Waals surface area contributed by atoms with E-state index in [4.69, 9.17) is 11.6 Å². The summed E-state index contributed by atoms with van der Waals surface area (Å²) in [7, 11) is 0. The number of benzene rings is 3. The number of alkyl halides is 3. The molecular weight excluding hydrogens is 424 g/mol. The normalized spacial score (nSPS) is 14.1. The van der Waals surface area contributed by atoms with E-state index in [-0.39, 0.29) is 5.75 Å². The zero-order chi connectivity index (χ0) is 21.7. The molecule has 0 saturated heterocycles. The number of aromatic nitrogens is 2. The maximum Gasteiger partial charge on any atom is 0.425 e. The number of fused-ring (bicyclic) bond motifs is 1. The van der Waals surface area contributed by atoms with E-state index in [0.717, 1.165) is 24.3 Å². The fourth-order valence-electron chi connectivity index (χ4n) is 3.27. The minimum absolute atomic E-state index is 0.0608. The monoisotopic (exact) mass is 436 g/mol. The standard InChI is InChI=1S/C21H13ClF4N2O2/c22-17-10-14(1-7-18(17)23)20(30,21(24,25)26)13-2-8-19-12(9-13)11-27-28(19)15-3-5-16(29)6-4-15/h1-11,29-30H. The number of rotatable bonds is 3. The molecule has 4 aromatic rings. The number of nitrogens with zero attached hydrogens (tertiary/aromatic N) is 2. The van der Waals surface area contributed by atoms with Crippen LogP contribution in [0.5, 0.6) is 5.75 Å². The van der Waals surface area contributed by atoms with E-state index in [2.05, 4.69) is 5.10 Å². The van der Waals surface area contributed by atoms with E-state index in [9.17, 15) is 27.8 Å². The molecule has 9 heteroatoms. The minimum atomic E-state index is -5.10. The summed E-state index contributed by atoms with van der Waals surface area (Å²) in [5.74, 6) is -0.832. The van der Waals surface area contributed by atoms with Crippen LogP contribution in [0.4, 0.5) is 17.6 Å². The molecule has 0 amide bonds. The van der Waals surface area contributed by atoms with Crippen molar-refractivity contribution >= 4 is 22.5 Å². The van der Waals surface area contributed by atoms with E-state index in [1.807, 2.05) is 0 Å². The summed E-state index contributed by atoms with van der Waals surface area (Å²) in [4.78, 5) is 0. The maximum atomic E-state index is 14.0. The number of hydrogen-bond acceptors (Lipinski definition) is 3. The number of hydrogen-bond donors (Lipinski definition) is 2. The lowest BCUT2D eigenvalue weighted by molar-refractivity contribution is -0.248. The Bertz CT molecular complexity index is 1240. The highest BCUT2D eigenvalue weighted by atomic mass is 35.5. The first kappa shape index (κ1) is 20.2. The van der Waals surface area contributed by atoms with Crippen molar-refractivity contribution in [2.45, 2.75) is 11.8 Å². The van der Waals surface area contributed by atoms with Gasteiger partial charge in [-0.05, 0) is 59.7 Å². The van der Waals surface area contributed by atoms with E-state index in [0.29, 0.717) is 16.6 Å². The average Bonchev–Trinajstić information content (AvgIpc) is 3.12. The molecular formula is C21H13ClF4N2O2. The van der Waals surface area contributed by atoms with Crippen molar-refractivity contribution in [3.63, 3.8) is 0 Å². The van der Waals surface area contributed by atoms with Gasteiger partial charge in [0.05, 0.1) is 22.4 Å². The number of aromatic hydroxyl groups is 1. The fourth-order valence-corrected chi connectivity index (χ4v) is 3.45. The van der Waals surface area contributed by atoms with Crippen molar-refractivity contribution in [2.24, 2.45) is 0 Å². The summed E-state index contributed by atoms with van der Waals surface area (Å²) in [5.41, 5.74) is -3.39. The van der Waals surface area contributed by atoms with Gasteiger partial charge < -0.3 is 10.2 Å². The third kappa shape index (κ3) is 3.18. The Morgan fingerprint density at radius 3 is 2.17 bits per heavy atom. The molecule has 0 aliphatic rings. The Morgan fingerprint density at radius 1 is 0.900 bits per heavy atom. The minimum Gasteiger partial charge on any atom is -0.508 e. The van der Waals surface area contributed by atoms with Gasteiger partial charge in [0.2, 0.25) is 5.60 Å². The molecule has 30 heavy (non-hydrogen) atoms. The molecule has 1 atom stereocenters. The summed E-state index contributed by atoms with van der Waals surface area (Å²) in [5, 5.41) is 24.2. The van der Waals surface area contributed by atoms with Gasteiger partial charge in [0, 0.05) is 5.39 Å². The number of phenols is 1. The second-order valence-corrected chi connectivity index (χ2v) is 7.09. The van der Waals surface area contributed by atoms with Gasteiger partial charge in [0.15, 0.2) is 0 Å². The van der Waals surface area contributed by atoms with Crippen molar-refractivity contribution in [3.05, 3.63) is 88.8 Å². The van der Waals surface area contributed by atoms with E-state index in [1.54, 1.807) is 12.1 Å². The van der Waals surface area contributed by atoms with Crippen LogP contribution in [0, 0.1) is 5.82 Å². The second-order valence-electron chi connectivity index (χ2n) is 6.68. The van der Waals surface area contributed by atoms with Gasteiger partial charge in [-0.2, -0.15) is 18.3 Å². The van der Waals surface area contributed by atoms with Gasteiger partial charge in [-0.1, -0.05) is 23.7 Å². The summed E-state index contributed by atoms with van der Waals surface area (Å²) >= 11 is 5.65. The van der Waals surface area contributed by atoms with Crippen LogP contribution >= 0.6 is 11.6 Å². The smallest absolute Gasteiger partial charge is 0.425 e. The van der Waals surface area contributed by atoms with Crippen LogP contribution < -0.4 is 0 Å². The molecule has 1 unspecified atom stereocenters. The Labute approximate surface area is 172 Å². The molecule has 0 bridgehead atoms. The lowest BCUT2D eigenvalue weighted by Gasteiger charge is -2.31. The highest BCUT2D eigenvalue weighted by molar-refractivity contribution is 6.30. The topological polar surface area (TPSA) is 58.3 Å². The highest BCUT2D eigenvalue weighted by Gasteiger charge is 2.56. The number of halogens is 5. The van der Waals surface area contributed by atoms with E-state index >= 15 is 0 Å². The average molecular weight is 437 g/mol. The van der Waals surface area contributed by atoms with Crippen molar-refractivity contribution < 1.29 is 27.8 Å². The fraction of sp³-hybridized carbons (Fsp3) is 0.0952. The van der Waals surface area contributed by atoms with Crippen LogP contribution in [0.3, 0.4) is 0 Å². The third-order valence-electron chi connectivity index (χ3n) is 4.83. The molecule has 0 saturated carbocycles. The molecule has 0 aliphatic heterocycles. The first-order chi connectivity index (χ1) is 14.1. The van der Waals surface area contributed by atoms with Crippen LogP contribution in [0.2, 0.25) is 5.02 Å². The molecule has 0 radical (unpaired) electrons. The van der Waals surface area contributed by atoms with Crippen LogP contribution in [0.25, 0.3) is 16.6 Å². The van der Waals surface area contributed by atoms with Gasteiger partial charge >= 0.3 is 6.18 Å². The number of phenolic OH excluding ortho intramolecular Hbond substituents is 1. The molecule has 4 rings (SSSR count). The van der Waals surface area contributed by atoms with Crippen molar-refractivity contribution in [1.29, 1.82) is 0 Å². The summed E-state index contributed by atoms with van der Waals surface area (Å²) in [6.07, 6.45) is -3.74. The molecule has 0 spiro atoms. The zero-order valence-electron chi connectivity index (χ0n) is 15.0. The van der Waals surface area contributed by atoms with Gasteiger partial charge in [-0.15, -0.1) is 0 Å². The van der Waals surface area contributed by atoms with Crippen molar-refractivity contribution in [2.75, 3.05) is 0 Å². The van der Waals surface area contributed by atoms with Crippen LogP contribution in [-0.4, -0.2) is 26.2 Å². The van der Waals surface area contributed by atoms with Crippen LogP contribution in [0.1, 0.15) is 11.1 Å². The quantitative estimate of drug-likeness (QED) is 0.427. The van der Waals surface area contributed by atoms with E-state index in [1.165, 1.54) is 35.1 Å². The SMILES string of the molecule is Oc1ccc(-n2ncc3cc(C(O)(c4ccc(F)c(Cl)c4)C(F)(F)F)ccc32)cc1. The van der Waals surface area contributed by atoms with Gasteiger partial charge in [-0.25, -0.2) is 9.07 Å². The summed E-state index contributed by atoms with van der Waals surface area (Å²) in [6, 6.07) is 12.2. The van der Waals surface area contributed by atoms with Gasteiger partial charge in [-0.3, -0.25) is 0 Å². The van der Waals surface area contributed by atoms with Crippen LogP contribution in [0.15, 0.2) is 66.9 Å².